The second kappa shape index (κ2) is 10.5. The molecule has 5 heteroatoms. The van der Waals surface area contributed by atoms with Gasteiger partial charge in [-0.05, 0) is 61.6 Å². The highest BCUT2D eigenvalue weighted by Gasteiger charge is 2.05. The van der Waals surface area contributed by atoms with Gasteiger partial charge in [-0.2, -0.15) is 0 Å². The average molecular weight is 371 g/mol. The van der Waals surface area contributed by atoms with Crippen LogP contribution >= 0.6 is 0 Å². The van der Waals surface area contributed by atoms with Crippen molar-refractivity contribution >= 4 is 5.91 Å². The minimum absolute atomic E-state index is 0.0310. The lowest BCUT2D eigenvalue weighted by atomic mass is 10.1. The Morgan fingerprint density at radius 2 is 1.67 bits per heavy atom. The molecule has 0 heterocycles. The molecule has 2 rings (SSSR count). The summed E-state index contributed by atoms with van der Waals surface area (Å²) in [6.45, 7) is 5.15. The summed E-state index contributed by atoms with van der Waals surface area (Å²) in [6.07, 6.45) is 2.11. The van der Waals surface area contributed by atoms with Gasteiger partial charge in [0.05, 0.1) is 20.8 Å². The molecule has 0 atom stereocenters. The van der Waals surface area contributed by atoms with Crippen molar-refractivity contribution in [2.24, 2.45) is 0 Å². The topological polar surface area (TPSA) is 56.8 Å². The number of aryl methyl sites for hydroxylation is 2. The summed E-state index contributed by atoms with van der Waals surface area (Å²) in [4.78, 5) is 12.0. The molecule has 0 unspecified atom stereocenters. The van der Waals surface area contributed by atoms with Crippen LogP contribution in [-0.4, -0.2) is 26.7 Å². The second-order valence-corrected chi connectivity index (χ2v) is 6.57. The smallest absolute Gasteiger partial charge is 0.220 e. The minimum atomic E-state index is 0.0310. The van der Waals surface area contributed by atoms with Gasteiger partial charge in [0.2, 0.25) is 5.91 Å². The molecule has 0 aliphatic heterocycles. The summed E-state index contributed by atoms with van der Waals surface area (Å²) in [5, 5.41) is 2.94. The van der Waals surface area contributed by atoms with Crippen LogP contribution in [0.4, 0.5) is 0 Å². The van der Waals surface area contributed by atoms with Gasteiger partial charge in [0.25, 0.3) is 0 Å². The Bertz CT molecular complexity index is 736. The van der Waals surface area contributed by atoms with Gasteiger partial charge in [-0.1, -0.05) is 12.1 Å². The van der Waals surface area contributed by atoms with E-state index in [1.54, 1.807) is 20.3 Å². The van der Waals surface area contributed by atoms with Crippen molar-refractivity contribution < 1.29 is 19.0 Å². The zero-order valence-electron chi connectivity index (χ0n) is 16.6. The zero-order valence-corrected chi connectivity index (χ0v) is 16.6. The number of amides is 1. The number of rotatable bonds is 10. The summed E-state index contributed by atoms with van der Waals surface area (Å²) in [7, 11) is 3.22. The van der Waals surface area contributed by atoms with E-state index in [9.17, 15) is 4.79 Å². The van der Waals surface area contributed by atoms with Gasteiger partial charge in [0.1, 0.15) is 17.2 Å². The number of unbranched alkanes of at least 4 members (excludes halogenated alkanes) is 1. The van der Waals surface area contributed by atoms with Crippen LogP contribution in [0.3, 0.4) is 0 Å². The van der Waals surface area contributed by atoms with E-state index < -0.39 is 0 Å². The maximum absolute atomic E-state index is 12.0. The molecule has 0 bridgehead atoms. The van der Waals surface area contributed by atoms with Crippen LogP contribution in [0.2, 0.25) is 0 Å². The molecule has 0 aromatic heterocycles. The SMILES string of the molecule is COc1cc(CNC(=O)CCCCOc2cc(C)ccc2C)cc(OC)c1. The predicted octanol–water partition coefficient (Wildman–Crippen LogP) is 4.19. The van der Waals surface area contributed by atoms with Crippen LogP contribution in [0.5, 0.6) is 17.2 Å². The summed E-state index contributed by atoms with van der Waals surface area (Å²) >= 11 is 0. The van der Waals surface area contributed by atoms with Crippen molar-refractivity contribution in [1.82, 2.24) is 5.32 Å². The van der Waals surface area contributed by atoms with Gasteiger partial charge < -0.3 is 19.5 Å². The van der Waals surface area contributed by atoms with E-state index in [2.05, 4.69) is 24.4 Å². The van der Waals surface area contributed by atoms with Crippen molar-refractivity contribution in [2.75, 3.05) is 20.8 Å². The number of hydrogen-bond acceptors (Lipinski definition) is 4. The maximum atomic E-state index is 12.0. The average Bonchev–Trinajstić information content (AvgIpc) is 2.68. The van der Waals surface area contributed by atoms with Gasteiger partial charge in [0.15, 0.2) is 0 Å². The third-order valence-electron chi connectivity index (χ3n) is 4.30. The van der Waals surface area contributed by atoms with Crippen molar-refractivity contribution in [3.8, 4) is 17.2 Å². The summed E-state index contributed by atoms with van der Waals surface area (Å²) in [5.41, 5.74) is 3.26. The quantitative estimate of drug-likeness (QED) is 0.637. The first-order chi connectivity index (χ1) is 13.0. The third-order valence-corrected chi connectivity index (χ3v) is 4.30. The van der Waals surface area contributed by atoms with Crippen LogP contribution < -0.4 is 19.5 Å². The van der Waals surface area contributed by atoms with Gasteiger partial charge in [-0.3, -0.25) is 4.79 Å². The Kier molecular flexibility index (Phi) is 7.99. The van der Waals surface area contributed by atoms with Gasteiger partial charge in [0, 0.05) is 19.0 Å². The van der Waals surface area contributed by atoms with Crippen LogP contribution in [0.15, 0.2) is 36.4 Å². The largest absolute Gasteiger partial charge is 0.497 e. The fraction of sp³-hybridized carbons (Fsp3) is 0.409. The molecule has 0 saturated heterocycles. The second-order valence-electron chi connectivity index (χ2n) is 6.57. The van der Waals surface area contributed by atoms with Crippen LogP contribution in [0.1, 0.15) is 36.0 Å². The normalized spacial score (nSPS) is 10.4. The molecule has 5 nitrogen and oxygen atoms in total. The van der Waals surface area contributed by atoms with Crippen molar-refractivity contribution in [2.45, 2.75) is 39.7 Å². The lowest BCUT2D eigenvalue weighted by molar-refractivity contribution is -0.121. The molecule has 1 N–H and O–H groups in total. The first-order valence-corrected chi connectivity index (χ1v) is 9.20. The Morgan fingerprint density at radius 3 is 2.33 bits per heavy atom. The number of benzene rings is 2. The highest BCUT2D eigenvalue weighted by molar-refractivity contribution is 5.75. The molecule has 27 heavy (non-hydrogen) atoms. The Morgan fingerprint density at radius 1 is 0.963 bits per heavy atom. The van der Waals surface area contributed by atoms with Gasteiger partial charge in [-0.25, -0.2) is 0 Å². The molecule has 0 spiro atoms. The van der Waals surface area contributed by atoms with Crippen LogP contribution in [-0.2, 0) is 11.3 Å². The standard InChI is InChI=1S/C22H29NO4/c1-16-8-9-17(2)21(11-16)27-10-6-5-7-22(24)23-15-18-12-19(25-3)14-20(13-18)26-4/h8-9,11-14H,5-7,10,15H2,1-4H3,(H,23,24). The van der Waals surface area contributed by atoms with Crippen LogP contribution in [0.25, 0.3) is 0 Å². The molecular weight excluding hydrogens is 342 g/mol. The Balaban J connectivity index is 1.68. The van der Waals surface area contributed by atoms with Gasteiger partial charge in [-0.15, -0.1) is 0 Å². The number of ether oxygens (including phenoxy) is 3. The molecule has 0 saturated carbocycles. The molecular formula is C22H29NO4. The van der Waals surface area contributed by atoms with Crippen molar-refractivity contribution in [3.63, 3.8) is 0 Å². The van der Waals surface area contributed by atoms with Crippen molar-refractivity contribution in [3.05, 3.63) is 53.1 Å². The lowest BCUT2D eigenvalue weighted by Crippen LogP contribution is -2.22. The number of nitrogens with one attached hydrogen (secondary N) is 1. The maximum Gasteiger partial charge on any atom is 0.220 e. The summed E-state index contributed by atoms with van der Waals surface area (Å²) < 4.78 is 16.3. The van der Waals surface area contributed by atoms with E-state index in [1.165, 1.54) is 5.56 Å². The number of methoxy groups -OCH3 is 2. The summed E-state index contributed by atoms with van der Waals surface area (Å²) in [5.74, 6) is 2.37. The third kappa shape index (κ3) is 6.85. The van der Waals surface area contributed by atoms with E-state index >= 15 is 0 Å². The van der Waals surface area contributed by atoms with E-state index in [-0.39, 0.29) is 5.91 Å². The Hall–Kier alpha value is -2.69. The molecule has 2 aromatic carbocycles. The first-order valence-electron chi connectivity index (χ1n) is 9.20. The van der Waals surface area contributed by atoms with E-state index in [4.69, 9.17) is 14.2 Å². The van der Waals surface area contributed by atoms with Crippen LogP contribution in [0, 0.1) is 13.8 Å². The highest BCUT2D eigenvalue weighted by atomic mass is 16.5. The molecule has 0 aliphatic rings. The molecule has 1 amide bonds. The van der Waals surface area contributed by atoms with Crippen molar-refractivity contribution in [1.29, 1.82) is 0 Å². The van der Waals surface area contributed by atoms with Gasteiger partial charge >= 0.3 is 0 Å². The molecule has 146 valence electrons. The summed E-state index contributed by atoms with van der Waals surface area (Å²) in [6, 6.07) is 11.8. The minimum Gasteiger partial charge on any atom is -0.497 e. The lowest BCUT2D eigenvalue weighted by Gasteiger charge is -2.11. The number of hydrogen-bond donors (Lipinski definition) is 1. The Labute approximate surface area is 161 Å². The fourth-order valence-electron chi connectivity index (χ4n) is 2.69. The predicted molar refractivity (Wildman–Crippen MR) is 107 cm³/mol. The number of carbonyl (C=O) groups excluding carboxylic acids is 1. The highest BCUT2D eigenvalue weighted by Crippen LogP contribution is 2.22. The molecule has 0 aliphatic carbocycles. The molecule has 2 aromatic rings. The van der Waals surface area contributed by atoms with E-state index in [0.717, 1.165) is 29.7 Å². The monoisotopic (exact) mass is 371 g/mol. The van der Waals surface area contributed by atoms with E-state index in [1.807, 2.05) is 25.1 Å². The first kappa shape index (κ1) is 20.6. The fourth-order valence-corrected chi connectivity index (χ4v) is 2.69. The van der Waals surface area contributed by atoms with E-state index in [0.29, 0.717) is 31.1 Å². The molecule has 0 fully saturated rings. The zero-order chi connectivity index (χ0) is 19.6. The number of carbonyl (C=O) groups is 1. The molecule has 0 radical (unpaired) electrons.